The number of rotatable bonds is 7. The Hall–Kier alpha value is -2.14. The number of halogens is 1. The molecule has 0 aliphatic rings. The molecule has 0 spiro atoms. The highest BCUT2D eigenvalue weighted by atomic mass is 19.1. The van der Waals surface area contributed by atoms with Gasteiger partial charge in [-0.25, -0.2) is 4.39 Å². The fourth-order valence-corrected chi connectivity index (χ4v) is 2.02. The molecule has 0 unspecified atom stereocenters. The molecule has 0 bridgehead atoms. The zero-order valence-corrected chi connectivity index (χ0v) is 12.0. The van der Waals surface area contributed by atoms with Gasteiger partial charge in [-0.2, -0.15) is 0 Å². The van der Waals surface area contributed by atoms with Gasteiger partial charge in [0.2, 0.25) is 0 Å². The van der Waals surface area contributed by atoms with Crippen LogP contribution in [0.25, 0.3) is 0 Å². The number of carbonyl (C=O) groups excluding carboxylic acids is 1. The third kappa shape index (κ3) is 4.72. The lowest BCUT2D eigenvalue weighted by molar-refractivity contribution is 0.0958. The second kappa shape index (κ2) is 7.59. The van der Waals surface area contributed by atoms with Crippen LogP contribution in [-0.4, -0.2) is 33.7 Å². The van der Waals surface area contributed by atoms with E-state index >= 15 is 0 Å². The van der Waals surface area contributed by atoms with Gasteiger partial charge in [-0.1, -0.05) is 6.92 Å². The fourth-order valence-electron chi connectivity index (χ4n) is 2.02. The first-order valence-electron chi connectivity index (χ1n) is 6.95. The maximum atomic E-state index is 12.8. The Morgan fingerprint density at radius 2 is 2.00 bits per heavy atom. The molecule has 0 saturated carbocycles. The molecular weight excluding hydrogens is 269 g/mol. The quantitative estimate of drug-likeness (QED) is 0.735. The number of aromatic nitrogens is 2. The fraction of sp³-hybridized carbons (Fsp3) is 0.312. The van der Waals surface area contributed by atoms with Crippen molar-refractivity contribution in [2.45, 2.75) is 19.9 Å². The number of Topliss-reactive ketones (excluding diaryl/α,β-unsaturated/α-hetero) is 1. The first-order chi connectivity index (χ1) is 10.2. The molecule has 2 heterocycles. The number of ketones is 1. The molecule has 0 radical (unpaired) electrons. The summed E-state index contributed by atoms with van der Waals surface area (Å²) in [4.78, 5) is 22.0. The van der Waals surface area contributed by atoms with Crippen LogP contribution in [0, 0.1) is 5.82 Å². The van der Waals surface area contributed by atoms with Crippen molar-refractivity contribution in [3.05, 3.63) is 59.9 Å². The van der Waals surface area contributed by atoms with Crippen LogP contribution in [0.5, 0.6) is 0 Å². The van der Waals surface area contributed by atoms with Crippen LogP contribution in [0.3, 0.4) is 0 Å². The summed E-state index contributed by atoms with van der Waals surface area (Å²) in [5, 5.41) is 0. The Kier molecular flexibility index (Phi) is 5.51. The number of carbonyl (C=O) groups is 1. The average Bonchev–Trinajstić information content (AvgIpc) is 2.52. The summed E-state index contributed by atoms with van der Waals surface area (Å²) in [5.41, 5.74) is 1.48. The molecule has 0 aromatic carbocycles. The number of nitrogens with zero attached hydrogens (tertiary/aromatic N) is 3. The van der Waals surface area contributed by atoms with Crippen LogP contribution < -0.4 is 0 Å². The Bertz CT molecular complexity index is 572. The number of hydrogen-bond donors (Lipinski definition) is 0. The van der Waals surface area contributed by atoms with Crippen LogP contribution >= 0.6 is 0 Å². The number of pyridine rings is 2. The zero-order valence-electron chi connectivity index (χ0n) is 12.0. The van der Waals surface area contributed by atoms with Crippen LogP contribution in [0.4, 0.5) is 4.39 Å². The van der Waals surface area contributed by atoms with Gasteiger partial charge >= 0.3 is 0 Å². The van der Waals surface area contributed by atoms with Crippen molar-refractivity contribution in [3.8, 4) is 0 Å². The summed E-state index contributed by atoms with van der Waals surface area (Å²) in [6.07, 6.45) is 4.97. The van der Waals surface area contributed by atoms with Crippen molar-refractivity contribution in [2.24, 2.45) is 0 Å². The summed E-state index contributed by atoms with van der Waals surface area (Å²) in [5.74, 6) is -0.498. The van der Waals surface area contributed by atoms with E-state index in [1.54, 1.807) is 12.4 Å². The smallest absolute Gasteiger partial charge is 0.182 e. The Balaban J connectivity index is 1.88. The summed E-state index contributed by atoms with van der Waals surface area (Å²) in [6.45, 7) is 4.34. The predicted molar refractivity (Wildman–Crippen MR) is 78.3 cm³/mol. The van der Waals surface area contributed by atoms with E-state index in [1.165, 1.54) is 17.7 Å². The molecular formula is C16H18FN3O. The molecule has 0 aliphatic carbocycles. The molecule has 21 heavy (non-hydrogen) atoms. The molecule has 4 nitrogen and oxygen atoms in total. The van der Waals surface area contributed by atoms with Crippen molar-refractivity contribution < 1.29 is 9.18 Å². The second-order valence-corrected chi connectivity index (χ2v) is 4.76. The molecule has 2 aromatic heterocycles. The first kappa shape index (κ1) is 15.3. The Morgan fingerprint density at radius 1 is 1.24 bits per heavy atom. The van der Waals surface area contributed by atoms with Crippen molar-refractivity contribution in [3.63, 3.8) is 0 Å². The van der Waals surface area contributed by atoms with E-state index in [0.29, 0.717) is 18.7 Å². The summed E-state index contributed by atoms with van der Waals surface area (Å²) in [7, 11) is 0. The highest BCUT2D eigenvalue weighted by Gasteiger charge is 2.10. The van der Waals surface area contributed by atoms with Gasteiger partial charge in [0.1, 0.15) is 11.5 Å². The van der Waals surface area contributed by atoms with E-state index in [9.17, 15) is 9.18 Å². The Labute approximate surface area is 123 Å². The lowest BCUT2D eigenvalue weighted by Gasteiger charge is -2.19. The van der Waals surface area contributed by atoms with Gasteiger partial charge in [-0.05, 0) is 36.4 Å². The van der Waals surface area contributed by atoms with Crippen LogP contribution in [0.15, 0.2) is 42.9 Å². The molecule has 5 heteroatoms. The van der Waals surface area contributed by atoms with Gasteiger partial charge in [0.15, 0.2) is 5.78 Å². The highest BCUT2D eigenvalue weighted by Crippen LogP contribution is 2.06. The minimum Gasteiger partial charge on any atom is -0.299 e. The molecule has 0 atom stereocenters. The van der Waals surface area contributed by atoms with Crippen LogP contribution in [0.2, 0.25) is 0 Å². The van der Waals surface area contributed by atoms with Gasteiger partial charge in [0.05, 0.1) is 6.20 Å². The van der Waals surface area contributed by atoms with Gasteiger partial charge < -0.3 is 0 Å². The predicted octanol–water partition coefficient (Wildman–Crippen LogP) is 2.71. The largest absolute Gasteiger partial charge is 0.299 e. The normalized spacial score (nSPS) is 10.8. The van der Waals surface area contributed by atoms with E-state index in [4.69, 9.17) is 0 Å². The third-order valence-electron chi connectivity index (χ3n) is 3.27. The topological polar surface area (TPSA) is 46.1 Å². The maximum absolute atomic E-state index is 12.8. The van der Waals surface area contributed by atoms with Gasteiger partial charge in [0, 0.05) is 31.9 Å². The van der Waals surface area contributed by atoms with Gasteiger partial charge in [0.25, 0.3) is 0 Å². The minimum atomic E-state index is -0.431. The molecule has 0 aliphatic heterocycles. The van der Waals surface area contributed by atoms with E-state index in [-0.39, 0.29) is 5.78 Å². The van der Waals surface area contributed by atoms with Gasteiger partial charge in [-0.15, -0.1) is 0 Å². The summed E-state index contributed by atoms with van der Waals surface area (Å²) < 4.78 is 12.8. The summed E-state index contributed by atoms with van der Waals surface area (Å²) in [6, 6.07) is 6.61. The highest BCUT2D eigenvalue weighted by molar-refractivity contribution is 5.94. The monoisotopic (exact) mass is 287 g/mol. The van der Waals surface area contributed by atoms with E-state index in [2.05, 4.69) is 21.8 Å². The molecule has 0 N–H and O–H groups in total. The van der Waals surface area contributed by atoms with E-state index in [0.717, 1.165) is 19.3 Å². The average molecular weight is 287 g/mol. The van der Waals surface area contributed by atoms with Gasteiger partial charge in [-0.3, -0.25) is 19.7 Å². The number of hydrogen-bond acceptors (Lipinski definition) is 4. The van der Waals surface area contributed by atoms with E-state index in [1.807, 2.05) is 12.1 Å². The maximum Gasteiger partial charge on any atom is 0.182 e. The van der Waals surface area contributed by atoms with Crippen LogP contribution in [-0.2, 0) is 6.54 Å². The van der Waals surface area contributed by atoms with Crippen molar-refractivity contribution in [1.82, 2.24) is 14.9 Å². The Morgan fingerprint density at radius 3 is 2.62 bits per heavy atom. The minimum absolute atomic E-state index is 0.0665. The molecule has 0 fully saturated rings. The molecule has 110 valence electrons. The van der Waals surface area contributed by atoms with Crippen LogP contribution in [0.1, 0.15) is 29.4 Å². The SMILES string of the molecule is CCN(CCC(=O)c1ccc(F)cn1)Cc1ccncc1. The van der Waals surface area contributed by atoms with Crippen molar-refractivity contribution in [2.75, 3.05) is 13.1 Å². The van der Waals surface area contributed by atoms with E-state index < -0.39 is 5.82 Å². The lowest BCUT2D eigenvalue weighted by Crippen LogP contribution is -2.26. The van der Waals surface area contributed by atoms with Crippen molar-refractivity contribution in [1.29, 1.82) is 0 Å². The molecule has 2 rings (SSSR count). The zero-order chi connectivity index (χ0) is 15.1. The molecule has 0 amide bonds. The third-order valence-corrected chi connectivity index (χ3v) is 3.27. The molecule has 2 aromatic rings. The lowest BCUT2D eigenvalue weighted by atomic mass is 10.1. The molecule has 0 saturated heterocycles. The summed E-state index contributed by atoms with van der Waals surface area (Å²) >= 11 is 0. The first-order valence-corrected chi connectivity index (χ1v) is 6.95. The standard InChI is InChI=1S/C16H18FN3O/c1-2-20(12-13-5-8-18-9-6-13)10-7-16(21)15-4-3-14(17)11-19-15/h3-6,8-9,11H,2,7,10,12H2,1H3. The van der Waals surface area contributed by atoms with Crippen molar-refractivity contribution >= 4 is 5.78 Å². The second-order valence-electron chi connectivity index (χ2n) is 4.76.